The SMILES string of the molecule is COc1ccc(OC)c([C@H]2C(=C(O)c3ccc4c(c3)OCCO4)C(=O)C(=O)N2CCCn2ccnc2)c1. The maximum atomic E-state index is 13.4. The zero-order valence-electron chi connectivity index (χ0n) is 20.5. The second kappa shape index (κ2) is 10.3. The third kappa shape index (κ3) is 4.57. The molecule has 10 nitrogen and oxygen atoms in total. The van der Waals surface area contributed by atoms with Gasteiger partial charge in [0.25, 0.3) is 11.7 Å². The molecule has 2 aliphatic heterocycles. The van der Waals surface area contributed by atoms with Crippen molar-refractivity contribution in [3.8, 4) is 23.0 Å². The number of Topliss-reactive ketones (excluding diaryl/α,β-unsaturated/α-hetero) is 1. The fraction of sp³-hybridized carbons (Fsp3) is 0.296. The van der Waals surface area contributed by atoms with Crippen molar-refractivity contribution in [1.29, 1.82) is 0 Å². The molecule has 2 aromatic carbocycles. The number of nitrogens with zero attached hydrogens (tertiary/aromatic N) is 3. The Morgan fingerprint density at radius 1 is 1.05 bits per heavy atom. The summed E-state index contributed by atoms with van der Waals surface area (Å²) in [5, 5.41) is 11.4. The van der Waals surface area contributed by atoms with Crippen LogP contribution < -0.4 is 18.9 Å². The monoisotopic (exact) mass is 505 g/mol. The number of carbonyl (C=O) groups excluding carboxylic acids is 2. The third-order valence-corrected chi connectivity index (χ3v) is 6.46. The summed E-state index contributed by atoms with van der Waals surface area (Å²) in [7, 11) is 3.04. The lowest BCUT2D eigenvalue weighted by Gasteiger charge is -2.27. The molecule has 0 unspecified atom stereocenters. The lowest BCUT2D eigenvalue weighted by molar-refractivity contribution is -0.140. The minimum Gasteiger partial charge on any atom is -0.507 e. The minimum atomic E-state index is -0.888. The lowest BCUT2D eigenvalue weighted by atomic mass is 9.94. The summed E-state index contributed by atoms with van der Waals surface area (Å²) in [4.78, 5) is 32.2. The molecule has 3 aromatic rings. The molecule has 5 rings (SSSR count). The Kier molecular flexibility index (Phi) is 6.72. The molecule has 1 saturated heterocycles. The van der Waals surface area contributed by atoms with Crippen LogP contribution in [0.25, 0.3) is 5.76 Å². The maximum Gasteiger partial charge on any atom is 0.295 e. The van der Waals surface area contributed by atoms with Crippen molar-refractivity contribution < 1.29 is 33.6 Å². The van der Waals surface area contributed by atoms with E-state index in [1.165, 1.54) is 19.1 Å². The topological polar surface area (TPSA) is 112 Å². The van der Waals surface area contributed by atoms with Gasteiger partial charge in [-0.3, -0.25) is 9.59 Å². The van der Waals surface area contributed by atoms with Gasteiger partial charge in [-0.15, -0.1) is 0 Å². The second-order valence-corrected chi connectivity index (χ2v) is 8.61. The molecule has 0 spiro atoms. The van der Waals surface area contributed by atoms with Crippen LogP contribution in [0.2, 0.25) is 0 Å². The first kappa shape index (κ1) is 24.2. The minimum absolute atomic E-state index is 0.0316. The summed E-state index contributed by atoms with van der Waals surface area (Å²) in [5.41, 5.74) is 0.839. The second-order valence-electron chi connectivity index (χ2n) is 8.61. The number of fused-ring (bicyclic) bond motifs is 1. The smallest absolute Gasteiger partial charge is 0.295 e. The van der Waals surface area contributed by atoms with Crippen LogP contribution in [-0.2, 0) is 16.1 Å². The molecule has 10 heteroatoms. The van der Waals surface area contributed by atoms with Gasteiger partial charge in [0, 0.05) is 36.6 Å². The van der Waals surface area contributed by atoms with Gasteiger partial charge in [-0.05, 0) is 42.8 Å². The Labute approximate surface area is 213 Å². The summed E-state index contributed by atoms with van der Waals surface area (Å²) in [6, 6.07) is 9.19. The highest BCUT2D eigenvalue weighted by Crippen LogP contribution is 2.44. The number of aliphatic hydroxyl groups is 1. The number of amides is 1. The van der Waals surface area contributed by atoms with Crippen LogP contribution in [0.5, 0.6) is 23.0 Å². The van der Waals surface area contributed by atoms with Gasteiger partial charge in [-0.1, -0.05) is 0 Å². The lowest BCUT2D eigenvalue weighted by Crippen LogP contribution is -2.31. The van der Waals surface area contributed by atoms with Crippen LogP contribution in [-0.4, -0.2) is 65.2 Å². The third-order valence-electron chi connectivity index (χ3n) is 6.46. The van der Waals surface area contributed by atoms with Gasteiger partial charge >= 0.3 is 0 Å². The van der Waals surface area contributed by atoms with Crippen LogP contribution >= 0.6 is 0 Å². The standard InChI is InChI=1S/C27H27N3O7/c1-34-18-5-7-20(35-2)19(15-18)24-23(25(31)17-4-6-21-22(14-17)37-13-12-36-21)26(32)27(33)30(24)10-3-9-29-11-8-28-16-29/h4-8,11,14-16,24,31H,3,9-10,12-13H2,1-2H3/t24-/m0/s1. The van der Waals surface area contributed by atoms with Gasteiger partial charge in [0.05, 0.1) is 32.2 Å². The fourth-order valence-electron chi connectivity index (χ4n) is 4.68. The van der Waals surface area contributed by atoms with E-state index in [4.69, 9.17) is 18.9 Å². The van der Waals surface area contributed by atoms with E-state index in [9.17, 15) is 14.7 Å². The zero-order valence-corrected chi connectivity index (χ0v) is 20.5. The van der Waals surface area contributed by atoms with Crippen molar-refractivity contribution in [3.05, 3.63) is 71.8 Å². The van der Waals surface area contributed by atoms with E-state index in [1.807, 2.05) is 10.8 Å². The average Bonchev–Trinajstić information content (AvgIpc) is 3.54. The average molecular weight is 506 g/mol. The van der Waals surface area contributed by atoms with Crippen LogP contribution in [0.15, 0.2) is 60.7 Å². The molecule has 1 aromatic heterocycles. The molecule has 1 N–H and O–H groups in total. The van der Waals surface area contributed by atoms with Crippen molar-refractivity contribution in [3.63, 3.8) is 0 Å². The number of carbonyl (C=O) groups is 2. The summed E-state index contributed by atoms with van der Waals surface area (Å²) in [6.45, 7) is 1.68. The van der Waals surface area contributed by atoms with E-state index in [1.54, 1.807) is 48.9 Å². The molecule has 0 radical (unpaired) electrons. The van der Waals surface area contributed by atoms with Crippen molar-refractivity contribution in [2.24, 2.45) is 0 Å². The van der Waals surface area contributed by atoms with Crippen LogP contribution in [0.3, 0.4) is 0 Å². The number of imidazole rings is 1. The number of ether oxygens (including phenoxy) is 4. The highest BCUT2D eigenvalue weighted by atomic mass is 16.6. The van der Waals surface area contributed by atoms with Gasteiger partial charge in [0.2, 0.25) is 0 Å². The van der Waals surface area contributed by atoms with E-state index in [0.29, 0.717) is 60.3 Å². The molecule has 0 saturated carbocycles. The van der Waals surface area contributed by atoms with Crippen LogP contribution in [0.1, 0.15) is 23.6 Å². The normalized spacial score (nSPS) is 18.2. The van der Waals surface area contributed by atoms with Crippen molar-refractivity contribution in [1.82, 2.24) is 14.5 Å². The Balaban J connectivity index is 1.60. The van der Waals surface area contributed by atoms with Gasteiger partial charge in [0.15, 0.2) is 11.5 Å². The van der Waals surface area contributed by atoms with E-state index in [0.717, 1.165) is 0 Å². The summed E-state index contributed by atoms with van der Waals surface area (Å²) < 4.78 is 24.1. The van der Waals surface area contributed by atoms with E-state index >= 15 is 0 Å². The van der Waals surface area contributed by atoms with Gasteiger partial charge < -0.3 is 33.5 Å². The Morgan fingerprint density at radius 2 is 1.86 bits per heavy atom. The van der Waals surface area contributed by atoms with Crippen LogP contribution in [0, 0.1) is 0 Å². The van der Waals surface area contributed by atoms with Gasteiger partial charge in [-0.2, -0.15) is 0 Å². The first-order valence-corrected chi connectivity index (χ1v) is 11.9. The quantitative estimate of drug-likeness (QED) is 0.282. The van der Waals surface area contributed by atoms with Gasteiger partial charge in [-0.25, -0.2) is 4.98 Å². The van der Waals surface area contributed by atoms with Crippen LogP contribution in [0.4, 0.5) is 0 Å². The van der Waals surface area contributed by atoms with Crippen molar-refractivity contribution in [2.75, 3.05) is 34.0 Å². The van der Waals surface area contributed by atoms with E-state index < -0.39 is 17.7 Å². The summed E-state index contributed by atoms with van der Waals surface area (Å²) >= 11 is 0. The molecule has 0 aliphatic carbocycles. The number of methoxy groups -OCH3 is 2. The highest BCUT2D eigenvalue weighted by molar-refractivity contribution is 6.46. The fourth-order valence-corrected chi connectivity index (χ4v) is 4.68. The Hall–Kier alpha value is -4.47. The molecule has 3 heterocycles. The zero-order chi connectivity index (χ0) is 25.9. The molecule has 192 valence electrons. The predicted molar refractivity (Wildman–Crippen MR) is 133 cm³/mol. The largest absolute Gasteiger partial charge is 0.507 e. The summed E-state index contributed by atoms with van der Waals surface area (Å²) in [5.74, 6) is 0.223. The Bertz CT molecular complexity index is 1350. The number of aliphatic hydroxyl groups excluding tert-OH is 1. The van der Waals surface area contributed by atoms with E-state index in [-0.39, 0.29) is 17.9 Å². The van der Waals surface area contributed by atoms with Gasteiger partial charge in [0.1, 0.15) is 30.5 Å². The van der Waals surface area contributed by atoms with Crippen molar-refractivity contribution in [2.45, 2.75) is 19.0 Å². The van der Waals surface area contributed by atoms with E-state index in [2.05, 4.69) is 4.98 Å². The number of benzene rings is 2. The number of ketones is 1. The number of hydrogen-bond acceptors (Lipinski definition) is 8. The molecular formula is C27H27N3O7. The first-order valence-electron chi connectivity index (χ1n) is 11.9. The number of aromatic nitrogens is 2. The number of aryl methyl sites for hydroxylation is 1. The summed E-state index contributed by atoms with van der Waals surface area (Å²) in [6.07, 6.45) is 5.77. The molecular weight excluding hydrogens is 478 g/mol. The first-order chi connectivity index (χ1) is 18.0. The van der Waals surface area contributed by atoms with Crippen molar-refractivity contribution >= 4 is 17.4 Å². The molecule has 1 fully saturated rings. The predicted octanol–water partition coefficient (Wildman–Crippen LogP) is 3.18. The Morgan fingerprint density at radius 3 is 2.59 bits per heavy atom. The highest BCUT2D eigenvalue weighted by Gasteiger charge is 2.47. The molecule has 2 aliphatic rings. The maximum absolute atomic E-state index is 13.4. The molecule has 0 bridgehead atoms. The number of hydrogen-bond donors (Lipinski definition) is 1. The molecule has 1 atom stereocenters. The number of likely N-dealkylation sites (tertiary alicyclic amines) is 1. The molecule has 1 amide bonds. The molecule has 37 heavy (non-hydrogen) atoms. The number of rotatable bonds is 8.